The summed E-state index contributed by atoms with van der Waals surface area (Å²) < 4.78 is 14.7. The quantitative estimate of drug-likeness (QED) is 0.393. The molecule has 0 radical (unpaired) electrons. The number of carbonyl (C=O) groups excluding carboxylic acids is 2. The van der Waals surface area contributed by atoms with Gasteiger partial charge in [0.1, 0.15) is 5.82 Å². The van der Waals surface area contributed by atoms with Crippen LogP contribution < -0.4 is 10.6 Å². The number of amides is 2. The van der Waals surface area contributed by atoms with Crippen LogP contribution in [0.15, 0.2) is 60.7 Å². The van der Waals surface area contributed by atoms with Gasteiger partial charge in [0, 0.05) is 21.7 Å². The minimum Gasteiger partial charge on any atom is -0.481 e. The molecular weight excluding hydrogens is 459 g/mol. The lowest BCUT2D eigenvalue weighted by atomic mass is 9.69. The Hall–Kier alpha value is -3.71. The monoisotopic (exact) mass is 480 g/mol. The first-order valence-electron chi connectivity index (χ1n) is 10.7. The normalized spacial score (nSPS) is 17.1. The van der Waals surface area contributed by atoms with Crippen molar-refractivity contribution in [1.82, 2.24) is 0 Å². The summed E-state index contributed by atoms with van der Waals surface area (Å²) in [6.07, 6.45) is 0.787. The number of urea groups is 1. The Bertz CT molecular complexity index is 1310. The fourth-order valence-corrected chi connectivity index (χ4v) is 4.39. The average molecular weight is 481 g/mol. The highest BCUT2D eigenvalue weighted by molar-refractivity contribution is 6.30. The molecule has 1 unspecified atom stereocenters. The predicted molar refractivity (Wildman–Crippen MR) is 129 cm³/mol. The number of fused-ring (bicyclic) bond motifs is 1. The van der Waals surface area contributed by atoms with Crippen LogP contribution in [-0.2, 0) is 11.2 Å². The summed E-state index contributed by atoms with van der Waals surface area (Å²) in [7, 11) is 0. The number of hydrogen-bond acceptors (Lipinski definition) is 3. The van der Waals surface area contributed by atoms with Crippen LogP contribution in [0.1, 0.15) is 35.7 Å². The Morgan fingerprint density at radius 3 is 2.50 bits per heavy atom. The lowest BCUT2D eigenvalue weighted by Gasteiger charge is -2.32. The van der Waals surface area contributed by atoms with E-state index in [2.05, 4.69) is 10.6 Å². The minimum atomic E-state index is -0.999. The molecule has 0 saturated carbocycles. The van der Waals surface area contributed by atoms with E-state index in [-0.39, 0.29) is 17.9 Å². The number of ketones is 1. The molecule has 2 amide bonds. The molecule has 1 aliphatic rings. The van der Waals surface area contributed by atoms with Crippen LogP contribution in [-0.4, -0.2) is 22.9 Å². The van der Waals surface area contributed by atoms with E-state index in [1.54, 1.807) is 49.4 Å². The molecule has 0 aromatic heterocycles. The molecule has 0 spiro atoms. The van der Waals surface area contributed by atoms with E-state index < -0.39 is 23.2 Å². The van der Waals surface area contributed by atoms with Crippen LogP contribution in [0.2, 0.25) is 5.02 Å². The van der Waals surface area contributed by atoms with Gasteiger partial charge < -0.3 is 15.7 Å². The van der Waals surface area contributed by atoms with Gasteiger partial charge in [0.2, 0.25) is 0 Å². The van der Waals surface area contributed by atoms with E-state index in [0.29, 0.717) is 34.7 Å². The zero-order valence-electron chi connectivity index (χ0n) is 18.3. The molecule has 6 nitrogen and oxygen atoms in total. The van der Waals surface area contributed by atoms with Gasteiger partial charge in [0.25, 0.3) is 0 Å². The SMILES string of the molecule is CC1(CC(=O)O)CCc2cc(-c3ccc(NC(=O)Nc4cccc(Cl)c4)c(F)c3)ccc2C1=O. The summed E-state index contributed by atoms with van der Waals surface area (Å²) in [5, 5.41) is 14.7. The standard InChI is InChI=1S/C26H22ClFN2O4/c1-26(14-23(31)32)10-9-17-11-15(5-7-20(17)24(26)33)16-6-8-22(21(28)12-16)30-25(34)29-19-4-2-3-18(27)13-19/h2-8,11-13H,9-10,14H2,1H3,(H,31,32)(H2,29,30,34). The molecule has 1 aliphatic carbocycles. The molecule has 0 fully saturated rings. The van der Waals surface area contributed by atoms with Gasteiger partial charge in [0.05, 0.1) is 12.1 Å². The molecule has 8 heteroatoms. The van der Waals surface area contributed by atoms with Gasteiger partial charge in [-0.15, -0.1) is 0 Å². The Balaban J connectivity index is 1.50. The molecule has 0 saturated heterocycles. The van der Waals surface area contributed by atoms with Crippen molar-refractivity contribution in [3.05, 3.63) is 82.6 Å². The van der Waals surface area contributed by atoms with Crippen molar-refractivity contribution >= 4 is 40.8 Å². The largest absolute Gasteiger partial charge is 0.481 e. The Morgan fingerprint density at radius 2 is 1.79 bits per heavy atom. The van der Waals surface area contributed by atoms with Gasteiger partial charge in [-0.25, -0.2) is 9.18 Å². The average Bonchev–Trinajstić information content (AvgIpc) is 2.77. The lowest BCUT2D eigenvalue weighted by Crippen LogP contribution is -2.35. The first-order valence-corrected chi connectivity index (χ1v) is 11.1. The van der Waals surface area contributed by atoms with E-state index >= 15 is 0 Å². The second-order valence-electron chi connectivity index (χ2n) is 8.62. The summed E-state index contributed by atoms with van der Waals surface area (Å²) in [5.74, 6) is -1.79. The molecule has 3 aromatic rings. The summed E-state index contributed by atoms with van der Waals surface area (Å²) >= 11 is 5.90. The maximum absolute atomic E-state index is 14.7. The highest BCUT2D eigenvalue weighted by atomic mass is 35.5. The van der Waals surface area contributed by atoms with Crippen molar-refractivity contribution in [2.75, 3.05) is 10.6 Å². The number of carboxylic acid groups (broad SMARTS) is 1. The van der Waals surface area contributed by atoms with E-state index in [9.17, 15) is 18.8 Å². The fourth-order valence-electron chi connectivity index (χ4n) is 4.20. The fraction of sp³-hybridized carbons (Fsp3) is 0.192. The number of carbonyl (C=O) groups is 3. The van der Waals surface area contributed by atoms with E-state index in [1.165, 1.54) is 12.1 Å². The molecule has 4 rings (SSSR count). The van der Waals surface area contributed by atoms with Gasteiger partial charge in [0.15, 0.2) is 5.78 Å². The molecule has 174 valence electrons. The highest BCUT2D eigenvalue weighted by Gasteiger charge is 2.40. The van der Waals surface area contributed by atoms with Crippen molar-refractivity contribution in [1.29, 1.82) is 0 Å². The first kappa shape index (κ1) is 23.4. The molecular formula is C26H22ClFN2O4. The van der Waals surface area contributed by atoms with Gasteiger partial charge in [-0.05, 0) is 59.9 Å². The highest BCUT2D eigenvalue weighted by Crippen LogP contribution is 2.39. The Morgan fingerprint density at radius 1 is 1.06 bits per heavy atom. The van der Waals surface area contributed by atoms with Crippen LogP contribution in [0.25, 0.3) is 11.1 Å². The molecule has 3 N–H and O–H groups in total. The van der Waals surface area contributed by atoms with Gasteiger partial charge in [-0.1, -0.05) is 48.9 Å². The van der Waals surface area contributed by atoms with Crippen molar-refractivity contribution in [3.8, 4) is 11.1 Å². The number of aliphatic carboxylic acids is 1. The molecule has 0 bridgehead atoms. The van der Waals surface area contributed by atoms with E-state index in [0.717, 1.165) is 11.1 Å². The number of Topliss-reactive ketones (excluding diaryl/α,β-unsaturated/α-hetero) is 1. The third kappa shape index (κ3) is 4.94. The van der Waals surface area contributed by atoms with Crippen LogP contribution >= 0.6 is 11.6 Å². The molecule has 3 aromatic carbocycles. The van der Waals surface area contributed by atoms with Gasteiger partial charge in [-0.3, -0.25) is 9.59 Å². The number of rotatable bonds is 5. The Labute approximate surface area is 200 Å². The third-order valence-electron chi connectivity index (χ3n) is 6.02. The number of benzene rings is 3. The van der Waals surface area contributed by atoms with Crippen LogP contribution in [0.3, 0.4) is 0 Å². The van der Waals surface area contributed by atoms with E-state index in [1.807, 2.05) is 6.07 Å². The number of nitrogens with one attached hydrogen (secondary N) is 2. The minimum absolute atomic E-state index is 0.0147. The summed E-state index contributed by atoms with van der Waals surface area (Å²) in [5.41, 5.74) is 2.20. The second-order valence-corrected chi connectivity index (χ2v) is 9.05. The first-order chi connectivity index (χ1) is 16.1. The van der Waals surface area contributed by atoms with Crippen LogP contribution in [0, 0.1) is 11.2 Å². The van der Waals surface area contributed by atoms with E-state index in [4.69, 9.17) is 16.7 Å². The van der Waals surface area contributed by atoms with Gasteiger partial charge in [-0.2, -0.15) is 0 Å². The van der Waals surface area contributed by atoms with Crippen LogP contribution in [0.5, 0.6) is 0 Å². The molecule has 0 heterocycles. The maximum Gasteiger partial charge on any atom is 0.323 e. The number of hydrogen-bond donors (Lipinski definition) is 3. The molecule has 0 aliphatic heterocycles. The van der Waals surface area contributed by atoms with Crippen molar-refractivity contribution in [2.24, 2.45) is 5.41 Å². The summed E-state index contributed by atoms with van der Waals surface area (Å²) in [6, 6.07) is 15.7. The second kappa shape index (κ2) is 9.27. The number of aryl methyl sites for hydroxylation is 1. The van der Waals surface area contributed by atoms with Crippen molar-refractivity contribution < 1.29 is 23.9 Å². The summed E-state index contributed by atoms with van der Waals surface area (Å²) in [6.45, 7) is 1.68. The lowest BCUT2D eigenvalue weighted by molar-refractivity contribution is -0.139. The topological polar surface area (TPSA) is 95.5 Å². The van der Waals surface area contributed by atoms with Crippen LogP contribution in [0.4, 0.5) is 20.6 Å². The number of carboxylic acids is 1. The maximum atomic E-state index is 14.7. The predicted octanol–water partition coefficient (Wildman–Crippen LogP) is 6.40. The smallest absolute Gasteiger partial charge is 0.323 e. The third-order valence-corrected chi connectivity index (χ3v) is 6.25. The van der Waals surface area contributed by atoms with Gasteiger partial charge >= 0.3 is 12.0 Å². The Kier molecular flexibility index (Phi) is 6.39. The zero-order valence-corrected chi connectivity index (χ0v) is 19.1. The van der Waals surface area contributed by atoms with Crippen molar-refractivity contribution in [3.63, 3.8) is 0 Å². The number of anilines is 2. The molecule has 34 heavy (non-hydrogen) atoms. The molecule has 1 atom stereocenters. The zero-order chi connectivity index (χ0) is 24.5. The van der Waals surface area contributed by atoms with Crippen molar-refractivity contribution in [2.45, 2.75) is 26.2 Å². The number of halogens is 2. The summed E-state index contributed by atoms with van der Waals surface area (Å²) in [4.78, 5) is 36.3.